The van der Waals surface area contributed by atoms with Gasteiger partial charge >= 0.3 is 0 Å². The number of rotatable bonds is 5. The summed E-state index contributed by atoms with van der Waals surface area (Å²) in [7, 11) is 4.23. The third kappa shape index (κ3) is 3.69. The van der Waals surface area contributed by atoms with E-state index >= 15 is 0 Å². The summed E-state index contributed by atoms with van der Waals surface area (Å²) in [6.07, 6.45) is 4.82. The molecule has 0 radical (unpaired) electrons. The molecule has 4 nitrogen and oxygen atoms in total. The number of aliphatic imine (C=N–C) groups is 1. The van der Waals surface area contributed by atoms with Crippen molar-refractivity contribution in [1.29, 1.82) is 0 Å². The van der Waals surface area contributed by atoms with Crippen molar-refractivity contribution in [2.24, 2.45) is 4.99 Å². The highest BCUT2D eigenvalue weighted by molar-refractivity contribution is 6.18. The van der Waals surface area contributed by atoms with Crippen LogP contribution in [0.25, 0.3) is 0 Å². The fourth-order valence-electron chi connectivity index (χ4n) is 3.67. The normalized spacial score (nSPS) is 13.0. The van der Waals surface area contributed by atoms with E-state index in [-0.39, 0.29) is 0 Å². The van der Waals surface area contributed by atoms with Crippen molar-refractivity contribution in [3.8, 4) is 0 Å². The van der Waals surface area contributed by atoms with Gasteiger partial charge in [-0.25, -0.2) is 4.99 Å². The number of nitrogens with zero attached hydrogens (tertiary/aromatic N) is 4. The van der Waals surface area contributed by atoms with Crippen LogP contribution in [0.2, 0.25) is 0 Å². The molecule has 1 aromatic heterocycles. The summed E-state index contributed by atoms with van der Waals surface area (Å²) in [6, 6.07) is 19.1. The summed E-state index contributed by atoms with van der Waals surface area (Å²) in [4.78, 5) is 14.1. The van der Waals surface area contributed by atoms with Crippen molar-refractivity contribution >= 4 is 22.8 Å². The number of aryl methyl sites for hydroxylation is 1. The Kier molecular flexibility index (Phi) is 5.22. The third-order valence-electron chi connectivity index (χ3n) is 5.03. The fraction of sp³-hybridized carbons (Fsp3) is 0.250. The van der Waals surface area contributed by atoms with Crippen molar-refractivity contribution in [3.63, 3.8) is 0 Å². The molecule has 0 saturated heterocycles. The largest absolute Gasteiger partial charge is 0.338 e. The van der Waals surface area contributed by atoms with Crippen LogP contribution in [0.3, 0.4) is 0 Å². The zero-order chi connectivity index (χ0) is 19.5. The minimum atomic E-state index is 0.921. The lowest BCUT2D eigenvalue weighted by Crippen LogP contribution is -2.24. The van der Waals surface area contributed by atoms with Gasteiger partial charge in [-0.15, -0.1) is 0 Å². The topological polar surface area (TPSA) is 31.7 Å². The molecule has 0 spiro atoms. The van der Waals surface area contributed by atoms with Crippen LogP contribution in [0.15, 0.2) is 72.0 Å². The smallest absolute Gasteiger partial charge is 0.0905 e. The van der Waals surface area contributed by atoms with E-state index in [9.17, 15) is 0 Å². The lowest BCUT2D eigenvalue weighted by Gasteiger charge is -2.27. The van der Waals surface area contributed by atoms with Crippen molar-refractivity contribution in [3.05, 3.63) is 83.7 Å². The summed E-state index contributed by atoms with van der Waals surface area (Å²) in [5, 5.41) is 0. The highest BCUT2D eigenvalue weighted by Crippen LogP contribution is 2.40. The molecular formula is C24H26N4. The van der Waals surface area contributed by atoms with E-state index in [2.05, 4.69) is 78.3 Å². The van der Waals surface area contributed by atoms with Crippen LogP contribution in [0, 0.1) is 6.92 Å². The van der Waals surface area contributed by atoms with E-state index in [4.69, 9.17) is 4.99 Å². The Hall–Kier alpha value is -2.98. The monoisotopic (exact) mass is 370 g/mol. The van der Waals surface area contributed by atoms with Crippen molar-refractivity contribution < 1.29 is 0 Å². The Balaban J connectivity index is 1.89. The van der Waals surface area contributed by atoms with Gasteiger partial charge < -0.3 is 9.80 Å². The first-order valence-electron chi connectivity index (χ1n) is 9.75. The van der Waals surface area contributed by atoms with E-state index in [1.54, 1.807) is 0 Å². The quantitative estimate of drug-likeness (QED) is 0.636. The van der Waals surface area contributed by atoms with Gasteiger partial charge in [-0.05, 0) is 52.2 Å². The third-order valence-corrected chi connectivity index (χ3v) is 5.03. The van der Waals surface area contributed by atoms with Gasteiger partial charge in [-0.1, -0.05) is 42.0 Å². The maximum absolute atomic E-state index is 5.11. The van der Waals surface area contributed by atoms with Crippen molar-refractivity contribution in [2.45, 2.75) is 13.3 Å². The predicted octanol–water partition coefficient (Wildman–Crippen LogP) is 4.96. The van der Waals surface area contributed by atoms with Gasteiger partial charge in [0.25, 0.3) is 0 Å². The molecule has 2 heterocycles. The first-order chi connectivity index (χ1) is 13.6. The standard InChI is InChI=1S/C24H26N4/c1-18-10-11-22-20(16-18)24(19-8-5-4-6-9-19)26-21-12-13-25-17-23(21)28(22)15-7-14-27(2)3/h4-6,8-13,16-17H,7,14-15H2,1-3H3. The molecule has 0 saturated carbocycles. The zero-order valence-corrected chi connectivity index (χ0v) is 16.8. The second-order valence-electron chi connectivity index (χ2n) is 7.52. The molecule has 0 atom stereocenters. The molecule has 1 aliphatic rings. The number of anilines is 2. The lowest BCUT2D eigenvalue weighted by atomic mass is 9.98. The van der Waals surface area contributed by atoms with Gasteiger partial charge in [-0.3, -0.25) is 4.98 Å². The Bertz CT molecular complexity index is 992. The second kappa shape index (κ2) is 7.95. The first kappa shape index (κ1) is 18.4. The lowest BCUT2D eigenvalue weighted by molar-refractivity contribution is 0.402. The summed E-state index contributed by atoms with van der Waals surface area (Å²) in [5.41, 5.74) is 7.78. The minimum Gasteiger partial charge on any atom is -0.338 e. The molecule has 142 valence electrons. The van der Waals surface area contributed by atoms with Crippen LogP contribution in [-0.4, -0.2) is 42.8 Å². The van der Waals surface area contributed by atoms with Crippen LogP contribution in [0.1, 0.15) is 23.1 Å². The number of benzene rings is 2. The molecule has 0 unspecified atom stereocenters. The highest BCUT2D eigenvalue weighted by Gasteiger charge is 2.24. The van der Waals surface area contributed by atoms with E-state index in [0.29, 0.717) is 0 Å². The molecule has 1 aliphatic heterocycles. The van der Waals surface area contributed by atoms with E-state index in [1.165, 1.54) is 16.8 Å². The number of fused-ring (bicyclic) bond motifs is 2. The van der Waals surface area contributed by atoms with Crippen molar-refractivity contribution in [1.82, 2.24) is 9.88 Å². The Morgan fingerprint density at radius 2 is 1.79 bits per heavy atom. The molecule has 3 aromatic rings. The molecular weight excluding hydrogens is 344 g/mol. The molecule has 0 amide bonds. The summed E-state index contributed by atoms with van der Waals surface area (Å²) in [5.74, 6) is 0. The Morgan fingerprint density at radius 1 is 0.964 bits per heavy atom. The fourth-order valence-corrected chi connectivity index (χ4v) is 3.67. The van der Waals surface area contributed by atoms with Gasteiger partial charge in [-0.2, -0.15) is 0 Å². The predicted molar refractivity (Wildman–Crippen MR) is 117 cm³/mol. The summed E-state index contributed by atoms with van der Waals surface area (Å²) >= 11 is 0. The maximum atomic E-state index is 5.11. The van der Waals surface area contributed by atoms with E-state index < -0.39 is 0 Å². The van der Waals surface area contributed by atoms with Gasteiger partial charge in [0.1, 0.15) is 0 Å². The number of pyridine rings is 1. The van der Waals surface area contributed by atoms with Gasteiger partial charge in [0.2, 0.25) is 0 Å². The number of hydrogen-bond acceptors (Lipinski definition) is 4. The average molecular weight is 371 g/mol. The summed E-state index contributed by atoms with van der Waals surface area (Å²) in [6.45, 7) is 4.10. The second-order valence-corrected chi connectivity index (χ2v) is 7.52. The maximum Gasteiger partial charge on any atom is 0.0905 e. The average Bonchev–Trinajstić information content (AvgIpc) is 2.83. The van der Waals surface area contributed by atoms with Gasteiger partial charge in [0, 0.05) is 23.9 Å². The number of aromatic nitrogens is 1. The van der Waals surface area contributed by atoms with Crippen LogP contribution < -0.4 is 4.90 Å². The van der Waals surface area contributed by atoms with Crippen LogP contribution >= 0.6 is 0 Å². The minimum absolute atomic E-state index is 0.921. The van der Waals surface area contributed by atoms with E-state index in [0.717, 1.165) is 42.2 Å². The Morgan fingerprint density at radius 3 is 2.57 bits per heavy atom. The molecule has 0 fully saturated rings. The first-order valence-corrected chi connectivity index (χ1v) is 9.75. The molecule has 0 N–H and O–H groups in total. The number of hydrogen-bond donors (Lipinski definition) is 0. The molecule has 0 bridgehead atoms. The molecule has 4 rings (SSSR count). The van der Waals surface area contributed by atoms with Crippen LogP contribution in [0.5, 0.6) is 0 Å². The van der Waals surface area contributed by atoms with Gasteiger partial charge in [0.05, 0.1) is 29.0 Å². The van der Waals surface area contributed by atoms with Crippen LogP contribution in [-0.2, 0) is 0 Å². The summed E-state index contributed by atoms with van der Waals surface area (Å²) < 4.78 is 0. The molecule has 28 heavy (non-hydrogen) atoms. The van der Waals surface area contributed by atoms with Crippen molar-refractivity contribution in [2.75, 3.05) is 32.1 Å². The zero-order valence-electron chi connectivity index (χ0n) is 16.8. The van der Waals surface area contributed by atoms with E-state index in [1.807, 2.05) is 24.5 Å². The highest BCUT2D eigenvalue weighted by atomic mass is 15.2. The SMILES string of the molecule is Cc1ccc2c(c1)C(c1ccccc1)=Nc1ccncc1N2CCCN(C)C. The molecule has 2 aromatic carbocycles. The molecule has 4 heteroatoms. The van der Waals surface area contributed by atoms with Crippen LogP contribution in [0.4, 0.5) is 17.1 Å². The Labute approximate surface area is 167 Å². The molecule has 0 aliphatic carbocycles. The van der Waals surface area contributed by atoms with Gasteiger partial charge in [0.15, 0.2) is 0 Å².